The second kappa shape index (κ2) is 4.63. The molecular weight excluding hydrogens is 250 g/mol. The van der Waals surface area contributed by atoms with Crippen LogP contribution in [0.3, 0.4) is 0 Å². The van der Waals surface area contributed by atoms with Crippen molar-refractivity contribution in [3.63, 3.8) is 0 Å². The molecule has 0 fully saturated rings. The van der Waals surface area contributed by atoms with Gasteiger partial charge in [0, 0.05) is 10.3 Å². The van der Waals surface area contributed by atoms with Gasteiger partial charge in [-0.15, -0.1) is 11.3 Å². The van der Waals surface area contributed by atoms with E-state index in [2.05, 4.69) is 29.9 Å². The number of aryl methyl sites for hydroxylation is 3. The van der Waals surface area contributed by atoms with Gasteiger partial charge < -0.3 is 0 Å². The van der Waals surface area contributed by atoms with Crippen LogP contribution < -0.4 is 0 Å². The van der Waals surface area contributed by atoms with E-state index in [0.717, 1.165) is 21.1 Å². The van der Waals surface area contributed by atoms with E-state index in [-0.39, 0.29) is 5.25 Å². The fourth-order valence-corrected chi connectivity index (χ4v) is 3.67. The highest BCUT2D eigenvalue weighted by Crippen LogP contribution is 2.36. The lowest BCUT2D eigenvalue weighted by molar-refractivity contribution is 1.01. The molecule has 0 unspecified atom stereocenters. The molecule has 88 valence electrons. The quantitative estimate of drug-likeness (QED) is 0.613. The number of hydrogen-bond donors (Lipinski definition) is 0. The predicted octanol–water partition coefficient (Wildman–Crippen LogP) is 3.62. The first kappa shape index (κ1) is 12.3. The van der Waals surface area contributed by atoms with E-state index in [9.17, 15) is 0 Å². The Morgan fingerprint density at radius 1 is 1.29 bits per heavy atom. The van der Waals surface area contributed by atoms with Gasteiger partial charge in [0.25, 0.3) is 0 Å². The number of thiophene rings is 1. The zero-order valence-corrected chi connectivity index (χ0v) is 11.9. The normalized spacial score (nSPS) is 12.6. The molecule has 3 nitrogen and oxygen atoms in total. The van der Waals surface area contributed by atoms with Crippen LogP contribution in [0.15, 0.2) is 5.03 Å². The highest BCUT2D eigenvalue weighted by Gasteiger charge is 2.15. The summed E-state index contributed by atoms with van der Waals surface area (Å²) in [5, 5.41) is 10.9. The highest BCUT2D eigenvalue weighted by atomic mass is 32.2. The molecule has 1 atom stereocenters. The van der Waals surface area contributed by atoms with Crippen LogP contribution in [-0.4, -0.2) is 15.2 Å². The molecule has 2 rings (SSSR count). The summed E-state index contributed by atoms with van der Waals surface area (Å²) in [5.74, 6) is 0.770. The summed E-state index contributed by atoms with van der Waals surface area (Å²) in [5.41, 5.74) is 1.23. The molecule has 5 heteroatoms. The zero-order chi connectivity index (χ0) is 12.6. The van der Waals surface area contributed by atoms with Crippen LogP contribution in [0.2, 0.25) is 0 Å². The predicted molar refractivity (Wildman–Crippen MR) is 72.6 cm³/mol. The summed E-state index contributed by atoms with van der Waals surface area (Å²) in [6.07, 6.45) is 0. The summed E-state index contributed by atoms with van der Waals surface area (Å²) in [4.78, 5) is 11.2. The van der Waals surface area contributed by atoms with E-state index in [0.29, 0.717) is 0 Å². The molecule has 0 spiro atoms. The smallest absolute Gasteiger partial charge is 0.128 e. The minimum absolute atomic E-state index is 0.0906. The van der Waals surface area contributed by atoms with Gasteiger partial charge in [-0.3, -0.25) is 0 Å². The molecule has 2 aromatic rings. The lowest BCUT2D eigenvalue weighted by Crippen LogP contribution is -1.96. The Hall–Kier alpha value is -1.12. The SMILES string of the molecule is Cc1nc(S[C@H](C)C#N)c2c(C)c(C)sc2n1. The maximum atomic E-state index is 8.90. The van der Waals surface area contributed by atoms with Gasteiger partial charge in [-0.05, 0) is 33.3 Å². The van der Waals surface area contributed by atoms with Crippen molar-refractivity contribution < 1.29 is 0 Å². The van der Waals surface area contributed by atoms with Crippen molar-refractivity contribution in [3.05, 3.63) is 16.3 Å². The molecule has 0 aliphatic rings. The lowest BCUT2D eigenvalue weighted by Gasteiger charge is -2.05. The number of nitrogens with zero attached hydrogens (tertiary/aromatic N) is 3. The summed E-state index contributed by atoms with van der Waals surface area (Å²) in [7, 11) is 0. The summed E-state index contributed by atoms with van der Waals surface area (Å²) >= 11 is 3.20. The van der Waals surface area contributed by atoms with Crippen molar-refractivity contribution in [3.8, 4) is 6.07 Å². The van der Waals surface area contributed by atoms with Gasteiger partial charge in [-0.1, -0.05) is 11.8 Å². The molecule has 0 aromatic carbocycles. The van der Waals surface area contributed by atoms with Crippen molar-refractivity contribution in [1.82, 2.24) is 9.97 Å². The average Bonchev–Trinajstić information content (AvgIpc) is 2.54. The van der Waals surface area contributed by atoms with Crippen LogP contribution in [0.5, 0.6) is 0 Å². The molecule has 0 aliphatic heterocycles. The molecule has 17 heavy (non-hydrogen) atoms. The second-order valence-corrected chi connectivity index (χ2v) is 6.46. The van der Waals surface area contributed by atoms with Crippen molar-refractivity contribution in [2.45, 2.75) is 38.0 Å². The lowest BCUT2D eigenvalue weighted by atomic mass is 10.2. The molecule has 0 bridgehead atoms. The fourth-order valence-electron chi connectivity index (χ4n) is 1.59. The monoisotopic (exact) mass is 263 g/mol. The largest absolute Gasteiger partial charge is 0.226 e. The topological polar surface area (TPSA) is 49.6 Å². The number of thioether (sulfide) groups is 1. The first-order chi connectivity index (χ1) is 8.02. The molecule has 0 radical (unpaired) electrons. The Kier molecular flexibility index (Phi) is 3.36. The van der Waals surface area contributed by atoms with Crippen molar-refractivity contribution in [2.24, 2.45) is 0 Å². The first-order valence-electron chi connectivity index (χ1n) is 5.33. The van der Waals surface area contributed by atoms with Crippen molar-refractivity contribution in [1.29, 1.82) is 5.26 Å². The number of hydrogen-bond acceptors (Lipinski definition) is 5. The average molecular weight is 263 g/mol. The third-order valence-corrected chi connectivity index (χ3v) is 4.66. The molecule has 0 saturated carbocycles. The van der Waals surface area contributed by atoms with Gasteiger partial charge in [-0.2, -0.15) is 5.26 Å². The minimum Gasteiger partial charge on any atom is -0.226 e. The zero-order valence-electron chi connectivity index (χ0n) is 10.2. The van der Waals surface area contributed by atoms with Gasteiger partial charge in [0.1, 0.15) is 15.7 Å². The number of nitriles is 1. The van der Waals surface area contributed by atoms with E-state index in [1.54, 1.807) is 11.3 Å². The first-order valence-corrected chi connectivity index (χ1v) is 7.03. The van der Waals surface area contributed by atoms with E-state index in [1.165, 1.54) is 22.2 Å². The summed E-state index contributed by atoms with van der Waals surface area (Å²) < 4.78 is 0. The van der Waals surface area contributed by atoms with E-state index in [1.807, 2.05) is 13.8 Å². The minimum atomic E-state index is -0.0906. The van der Waals surface area contributed by atoms with Gasteiger partial charge in [-0.25, -0.2) is 9.97 Å². The number of fused-ring (bicyclic) bond motifs is 1. The van der Waals surface area contributed by atoms with Gasteiger partial charge in [0.2, 0.25) is 0 Å². The molecule has 2 heterocycles. The number of aromatic nitrogens is 2. The molecule has 2 aromatic heterocycles. The van der Waals surface area contributed by atoms with Crippen LogP contribution in [0, 0.1) is 32.1 Å². The van der Waals surface area contributed by atoms with Gasteiger partial charge in [0.15, 0.2) is 0 Å². The van der Waals surface area contributed by atoms with Gasteiger partial charge in [0.05, 0.1) is 11.3 Å². The molecule has 0 amide bonds. The molecule has 0 N–H and O–H groups in total. The van der Waals surface area contributed by atoms with Crippen LogP contribution in [0.4, 0.5) is 0 Å². The van der Waals surface area contributed by atoms with Crippen molar-refractivity contribution in [2.75, 3.05) is 0 Å². The maximum absolute atomic E-state index is 8.90. The Balaban J connectivity index is 2.64. The molecule has 0 aliphatic carbocycles. The second-order valence-electron chi connectivity index (χ2n) is 3.93. The maximum Gasteiger partial charge on any atom is 0.128 e. The third kappa shape index (κ3) is 2.28. The van der Waals surface area contributed by atoms with Crippen LogP contribution >= 0.6 is 23.1 Å². The summed E-state index contributed by atoms with van der Waals surface area (Å²) in [6.45, 7) is 7.97. The van der Waals surface area contributed by atoms with Crippen molar-refractivity contribution >= 4 is 33.3 Å². The highest BCUT2D eigenvalue weighted by molar-refractivity contribution is 8.00. The fraction of sp³-hybridized carbons (Fsp3) is 0.417. The van der Waals surface area contributed by atoms with E-state index < -0.39 is 0 Å². The number of rotatable bonds is 2. The standard InChI is InChI=1S/C12H13N3S2/c1-6(5-13)16-11-10-7(2)8(3)17-12(10)15-9(4)14-11/h6H,1-4H3/t6-/m1/s1. The van der Waals surface area contributed by atoms with Crippen LogP contribution in [-0.2, 0) is 0 Å². The van der Waals surface area contributed by atoms with Crippen LogP contribution in [0.1, 0.15) is 23.2 Å². The Morgan fingerprint density at radius 3 is 2.65 bits per heavy atom. The van der Waals surface area contributed by atoms with E-state index in [4.69, 9.17) is 5.26 Å². The molecule has 0 saturated heterocycles. The van der Waals surface area contributed by atoms with Gasteiger partial charge >= 0.3 is 0 Å². The van der Waals surface area contributed by atoms with E-state index >= 15 is 0 Å². The molecular formula is C12H13N3S2. The Labute approximate surface area is 109 Å². The Morgan fingerprint density at radius 2 is 2.00 bits per heavy atom. The van der Waals surface area contributed by atoms with Crippen LogP contribution in [0.25, 0.3) is 10.2 Å². The summed E-state index contributed by atoms with van der Waals surface area (Å²) in [6, 6.07) is 2.23. The Bertz CT molecular complexity index is 610. The third-order valence-electron chi connectivity index (χ3n) is 2.58.